The minimum absolute atomic E-state index is 0.204. The number of hydrogen-bond donors (Lipinski definition) is 0. The molecule has 0 aliphatic carbocycles. The molecule has 0 saturated heterocycles. The molecule has 4 heteroatoms. The van der Waals surface area contributed by atoms with E-state index >= 15 is 0 Å². The van der Waals surface area contributed by atoms with Gasteiger partial charge in [0.25, 0.3) is 0 Å². The molecule has 0 atom stereocenters. The molecule has 0 unspecified atom stereocenters. The van der Waals surface area contributed by atoms with Gasteiger partial charge in [0, 0.05) is 12.1 Å². The van der Waals surface area contributed by atoms with Crippen molar-refractivity contribution in [2.45, 2.75) is 12.6 Å². The molecule has 1 nitrogen and oxygen atoms in total. The van der Waals surface area contributed by atoms with Crippen LogP contribution in [-0.2, 0) is 6.42 Å². The van der Waals surface area contributed by atoms with Crippen molar-refractivity contribution in [1.82, 2.24) is 0 Å². The van der Waals surface area contributed by atoms with E-state index < -0.39 is 11.9 Å². The zero-order valence-electron chi connectivity index (χ0n) is 9.46. The number of benzene rings is 2. The first-order valence-corrected chi connectivity index (χ1v) is 5.70. The van der Waals surface area contributed by atoms with Crippen LogP contribution in [0.4, 0.5) is 13.2 Å². The van der Waals surface area contributed by atoms with Crippen molar-refractivity contribution >= 4 is 16.5 Å². The Bertz CT molecular complexity index is 641. The van der Waals surface area contributed by atoms with Crippen LogP contribution >= 0.6 is 0 Å². The van der Waals surface area contributed by atoms with Gasteiger partial charge in [-0.3, -0.25) is 4.99 Å². The zero-order chi connectivity index (χ0) is 12.8. The van der Waals surface area contributed by atoms with Gasteiger partial charge in [0.2, 0.25) is 0 Å². The Morgan fingerprint density at radius 3 is 2.56 bits per heavy atom. The first kappa shape index (κ1) is 11.3. The number of nitrogens with zero attached hydrogens (tertiary/aromatic N) is 1. The van der Waals surface area contributed by atoms with Crippen molar-refractivity contribution in [3.8, 4) is 0 Å². The van der Waals surface area contributed by atoms with Crippen LogP contribution < -0.4 is 0 Å². The number of fused-ring (bicyclic) bond motifs is 3. The first-order valence-electron chi connectivity index (χ1n) is 5.70. The van der Waals surface area contributed by atoms with Gasteiger partial charge >= 0.3 is 6.18 Å². The van der Waals surface area contributed by atoms with Crippen LogP contribution in [0.25, 0.3) is 10.8 Å². The molecule has 0 aromatic heterocycles. The van der Waals surface area contributed by atoms with E-state index in [0.717, 1.165) is 16.3 Å². The summed E-state index contributed by atoms with van der Waals surface area (Å²) >= 11 is 0. The van der Waals surface area contributed by atoms with Crippen molar-refractivity contribution in [2.24, 2.45) is 4.99 Å². The molecule has 0 fully saturated rings. The Labute approximate surface area is 102 Å². The molecule has 1 aliphatic heterocycles. The Hall–Kier alpha value is -1.84. The van der Waals surface area contributed by atoms with Crippen molar-refractivity contribution < 1.29 is 13.2 Å². The van der Waals surface area contributed by atoms with Gasteiger partial charge in [-0.15, -0.1) is 0 Å². The molecule has 0 spiro atoms. The highest BCUT2D eigenvalue weighted by molar-refractivity contribution is 6.09. The van der Waals surface area contributed by atoms with Crippen molar-refractivity contribution in [1.29, 1.82) is 0 Å². The largest absolute Gasteiger partial charge is 0.433 e. The van der Waals surface area contributed by atoms with E-state index in [9.17, 15) is 13.2 Å². The van der Waals surface area contributed by atoms with E-state index in [1.165, 1.54) is 6.07 Å². The maximum absolute atomic E-state index is 12.9. The number of halogens is 3. The average Bonchev–Trinajstić information content (AvgIpc) is 2.36. The first-order chi connectivity index (χ1) is 8.57. The molecule has 2 aromatic rings. The lowest BCUT2D eigenvalue weighted by atomic mass is 9.92. The molecule has 18 heavy (non-hydrogen) atoms. The summed E-state index contributed by atoms with van der Waals surface area (Å²) in [6, 6.07) is 10.8. The Morgan fingerprint density at radius 2 is 1.78 bits per heavy atom. The van der Waals surface area contributed by atoms with Crippen LogP contribution in [0.5, 0.6) is 0 Å². The predicted molar refractivity (Wildman–Crippen MR) is 65.1 cm³/mol. The highest BCUT2D eigenvalue weighted by Crippen LogP contribution is 2.31. The van der Waals surface area contributed by atoms with E-state index in [4.69, 9.17) is 0 Å². The third-order valence-electron chi connectivity index (χ3n) is 3.20. The Morgan fingerprint density at radius 1 is 1.00 bits per heavy atom. The molecule has 92 valence electrons. The average molecular weight is 249 g/mol. The van der Waals surface area contributed by atoms with E-state index in [-0.39, 0.29) is 12.1 Å². The molecule has 0 saturated carbocycles. The van der Waals surface area contributed by atoms with Crippen LogP contribution in [0.1, 0.15) is 11.1 Å². The van der Waals surface area contributed by atoms with Crippen LogP contribution in [0.2, 0.25) is 0 Å². The maximum atomic E-state index is 12.9. The minimum atomic E-state index is -4.38. The minimum Gasteiger partial charge on any atom is -0.280 e. The van der Waals surface area contributed by atoms with E-state index in [0.29, 0.717) is 6.42 Å². The van der Waals surface area contributed by atoms with Gasteiger partial charge in [0.15, 0.2) is 0 Å². The second kappa shape index (κ2) is 3.83. The third kappa shape index (κ3) is 1.68. The summed E-state index contributed by atoms with van der Waals surface area (Å²) < 4.78 is 38.7. The van der Waals surface area contributed by atoms with Crippen molar-refractivity contribution in [2.75, 3.05) is 6.54 Å². The quantitative estimate of drug-likeness (QED) is 0.674. The van der Waals surface area contributed by atoms with Gasteiger partial charge in [0.1, 0.15) is 5.71 Å². The molecule has 0 bridgehead atoms. The summed E-state index contributed by atoms with van der Waals surface area (Å²) in [5, 5.41) is 1.87. The predicted octanol–water partition coefficient (Wildman–Crippen LogP) is 3.75. The Kier molecular flexibility index (Phi) is 2.40. The van der Waals surface area contributed by atoms with Gasteiger partial charge in [-0.05, 0) is 22.8 Å². The van der Waals surface area contributed by atoms with Crippen molar-refractivity contribution in [3.05, 3.63) is 47.5 Å². The maximum Gasteiger partial charge on any atom is 0.433 e. The number of alkyl halides is 3. The highest BCUT2D eigenvalue weighted by Gasteiger charge is 2.39. The van der Waals surface area contributed by atoms with Crippen LogP contribution in [0.15, 0.2) is 41.4 Å². The Balaban J connectivity index is 2.28. The molecule has 0 N–H and O–H groups in total. The summed E-state index contributed by atoms with van der Waals surface area (Å²) in [6.45, 7) is 0.204. The second-order valence-corrected chi connectivity index (χ2v) is 4.29. The van der Waals surface area contributed by atoms with Gasteiger partial charge in [-0.25, -0.2) is 0 Å². The third-order valence-corrected chi connectivity index (χ3v) is 3.20. The molecule has 3 rings (SSSR count). The van der Waals surface area contributed by atoms with Crippen LogP contribution in [0, 0.1) is 0 Å². The molecule has 1 heterocycles. The summed E-state index contributed by atoms with van der Waals surface area (Å²) in [5.74, 6) is 0. The molecule has 0 amide bonds. The van der Waals surface area contributed by atoms with E-state index in [2.05, 4.69) is 4.99 Å². The second-order valence-electron chi connectivity index (χ2n) is 4.29. The smallest absolute Gasteiger partial charge is 0.280 e. The van der Waals surface area contributed by atoms with Gasteiger partial charge in [-0.1, -0.05) is 36.4 Å². The topological polar surface area (TPSA) is 12.4 Å². The van der Waals surface area contributed by atoms with E-state index in [1.54, 1.807) is 6.07 Å². The van der Waals surface area contributed by atoms with Crippen molar-refractivity contribution in [3.63, 3.8) is 0 Å². The lowest BCUT2D eigenvalue weighted by Crippen LogP contribution is -2.28. The van der Waals surface area contributed by atoms with Crippen LogP contribution in [0.3, 0.4) is 0 Å². The zero-order valence-corrected chi connectivity index (χ0v) is 9.46. The van der Waals surface area contributed by atoms with Gasteiger partial charge in [-0.2, -0.15) is 13.2 Å². The summed E-state index contributed by atoms with van der Waals surface area (Å²) in [7, 11) is 0. The molecule has 2 aromatic carbocycles. The van der Waals surface area contributed by atoms with E-state index in [1.807, 2.05) is 24.3 Å². The standard InChI is InChI=1S/C14H10F3N/c15-14(16,17)13-12-6-5-9-3-1-2-4-10(9)11(12)7-8-18-13/h1-6H,7-8H2. The monoisotopic (exact) mass is 249 g/mol. The summed E-state index contributed by atoms with van der Waals surface area (Å²) in [4.78, 5) is 3.64. The number of rotatable bonds is 0. The molecule has 0 radical (unpaired) electrons. The lowest BCUT2D eigenvalue weighted by molar-refractivity contribution is -0.0584. The summed E-state index contributed by atoms with van der Waals surface area (Å²) in [6.07, 6.45) is -3.81. The molecular formula is C14H10F3N. The van der Waals surface area contributed by atoms with Gasteiger partial charge < -0.3 is 0 Å². The molecule has 1 aliphatic rings. The van der Waals surface area contributed by atoms with Gasteiger partial charge in [0.05, 0.1) is 0 Å². The molecular weight excluding hydrogens is 239 g/mol. The lowest BCUT2D eigenvalue weighted by Gasteiger charge is -2.20. The summed E-state index contributed by atoms with van der Waals surface area (Å²) in [5.41, 5.74) is 0.248. The fourth-order valence-electron chi connectivity index (χ4n) is 2.43. The number of hydrogen-bond acceptors (Lipinski definition) is 1. The number of aliphatic imine (C=N–C) groups is 1. The van der Waals surface area contributed by atoms with Crippen LogP contribution in [-0.4, -0.2) is 18.4 Å². The SMILES string of the molecule is FC(F)(F)C1=NCCc2c1ccc1ccccc21. The normalized spacial score (nSPS) is 15.4. The highest BCUT2D eigenvalue weighted by atomic mass is 19.4. The fraction of sp³-hybridized carbons (Fsp3) is 0.214. The fourth-order valence-corrected chi connectivity index (χ4v) is 2.43.